The molecule has 0 aromatic carbocycles. The SMILES string of the molecule is CCNC1(c2nc3c(s2)CCCC3)CCN2CCC1C2. The van der Waals surface area contributed by atoms with E-state index in [0.29, 0.717) is 0 Å². The second-order valence-electron chi connectivity index (χ2n) is 6.63. The minimum atomic E-state index is 0.184. The summed E-state index contributed by atoms with van der Waals surface area (Å²) >= 11 is 2.03. The van der Waals surface area contributed by atoms with Crippen molar-refractivity contribution in [3.63, 3.8) is 0 Å². The van der Waals surface area contributed by atoms with E-state index in [0.717, 1.165) is 12.5 Å². The molecule has 0 amide bonds. The number of nitrogens with zero attached hydrogens (tertiary/aromatic N) is 2. The molecule has 3 atom stereocenters. The van der Waals surface area contributed by atoms with Crippen LogP contribution in [0, 0.1) is 5.92 Å². The van der Waals surface area contributed by atoms with E-state index in [1.54, 1.807) is 4.88 Å². The van der Waals surface area contributed by atoms with Gasteiger partial charge in [0.1, 0.15) is 5.01 Å². The quantitative estimate of drug-likeness (QED) is 0.927. The summed E-state index contributed by atoms with van der Waals surface area (Å²) in [6.07, 6.45) is 7.77. The maximum absolute atomic E-state index is 5.12. The predicted octanol–water partition coefficient (Wildman–Crippen LogP) is 2.55. The molecule has 4 rings (SSSR count). The summed E-state index contributed by atoms with van der Waals surface area (Å²) < 4.78 is 0. The van der Waals surface area contributed by atoms with E-state index in [4.69, 9.17) is 4.98 Å². The Morgan fingerprint density at radius 3 is 3.10 bits per heavy atom. The van der Waals surface area contributed by atoms with Gasteiger partial charge in [0.15, 0.2) is 0 Å². The van der Waals surface area contributed by atoms with Crippen molar-refractivity contribution >= 4 is 11.3 Å². The third kappa shape index (κ3) is 1.96. The predicted molar refractivity (Wildman–Crippen MR) is 83.3 cm³/mol. The summed E-state index contributed by atoms with van der Waals surface area (Å²) in [4.78, 5) is 9.34. The van der Waals surface area contributed by atoms with Gasteiger partial charge in [-0.25, -0.2) is 4.98 Å². The first-order valence-corrected chi connectivity index (χ1v) is 9.10. The molecule has 3 heterocycles. The van der Waals surface area contributed by atoms with Gasteiger partial charge in [0.2, 0.25) is 0 Å². The summed E-state index contributed by atoms with van der Waals surface area (Å²) in [6.45, 7) is 7.12. The van der Waals surface area contributed by atoms with Gasteiger partial charge in [0.05, 0.1) is 11.2 Å². The van der Waals surface area contributed by atoms with Crippen LogP contribution in [0.2, 0.25) is 0 Å². The number of aromatic nitrogens is 1. The van der Waals surface area contributed by atoms with Crippen LogP contribution in [-0.2, 0) is 18.4 Å². The maximum atomic E-state index is 5.12. The zero-order valence-electron chi connectivity index (χ0n) is 12.5. The first-order chi connectivity index (χ1) is 9.82. The van der Waals surface area contributed by atoms with Crippen molar-refractivity contribution in [2.75, 3.05) is 26.2 Å². The van der Waals surface area contributed by atoms with Crippen molar-refractivity contribution in [3.05, 3.63) is 15.6 Å². The molecule has 3 aliphatic rings. The van der Waals surface area contributed by atoms with Crippen molar-refractivity contribution in [2.24, 2.45) is 5.92 Å². The highest BCUT2D eigenvalue weighted by atomic mass is 32.1. The molecule has 4 heteroatoms. The van der Waals surface area contributed by atoms with Gasteiger partial charge >= 0.3 is 0 Å². The van der Waals surface area contributed by atoms with Gasteiger partial charge in [-0.15, -0.1) is 11.3 Å². The Balaban J connectivity index is 1.73. The number of hydrogen-bond acceptors (Lipinski definition) is 4. The smallest absolute Gasteiger partial charge is 0.114 e. The summed E-state index contributed by atoms with van der Waals surface area (Å²) in [5.74, 6) is 0.767. The Hall–Kier alpha value is -0.450. The average molecular weight is 291 g/mol. The van der Waals surface area contributed by atoms with Crippen molar-refractivity contribution in [1.29, 1.82) is 0 Å². The molecule has 0 radical (unpaired) electrons. The van der Waals surface area contributed by atoms with E-state index < -0.39 is 0 Å². The molecule has 1 N–H and O–H groups in total. The minimum absolute atomic E-state index is 0.184. The Morgan fingerprint density at radius 2 is 2.25 bits per heavy atom. The number of aryl methyl sites for hydroxylation is 2. The fourth-order valence-corrected chi connectivity index (χ4v) is 5.85. The standard InChI is InChI=1S/C16H25N3S/c1-2-17-16(8-10-19-9-7-12(16)11-19)15-18-13-5-3-4-6-14(13)20-15/h12,17H,2-11H2,1H3. The monoisotopic (exact) mass is 291 g/mol. The van der Waals surface area contributed by atoms with E-state index in [-0.39, 0.29) is 5.54 Å². The Labute approximate surface area is 125 Å². The molecule has 0 spiro atoms. The molecule has 0 saturated carbocycles. The topological polar surface area (TPSA) is 28.2 Å². The van der Waals surface area contributed by atoms with Crippen LogP contribution in [0.1, 0.15) is 48.2 Å². The molecular weight excluding hydrogens is 266 g/mol. The number of fused-ring (bicyclic) bond motifs is 3. The van der Waals surface area contributed by atoms with Crippen molar-refractivity contribution < 1.29 is 0 Å². The molecule has 2 aliphatic heterocycles. The minimum Gasteiger partial charge on any atom is -0.305 e. The number of thiazole rings is 1. The molecular formula is C16H25N3S. The highest BCUT2D eigenvalue weighted by Crippen LogP contribution is 2.45. The van der Waals surface area contributed by atoms with Gasteiger partial charge in [-0.2, -0.15) is 0 Å². The molecule has 110 valence electrons. The molecule has 2 bridgehead atoms. The lowest BCUT2D eigenvalue weighted by Crippen LogP contribution is -2.53. The summed E-state index contributed by atoms with van der Waals surface area (Å²) in [5.41, 5.74) is 1.61. The van der Waals surface area contributed by atoms with E-state index in [1.165, 1.54) is 68.9 Å². The zero-order chi connectivity index (χ0) is 13.6. The lowest BCUT2D eigenvalue weighted by Gasteiger charge is -2.42. The van der Waals surface area contributed by atoms with Gasteiger partial charge in [0.25, 0.3) is 0 Å². The summed E-state index contributed by atoms with van der Waals surface area (Å²) in [6, 6.07) is 0. The van der Waals surface area contributed by atoms with Crippen LogP contribution in [0.5, 0.6) is 0 Å². The number of rotatable bonds is 3. The normalized spacial score (nSPS) is 36.0. The molecule has 3 unspecified atom stereocenters. The Morgan fingerprint density at radius 1 is 1.35 bits per heavy atom. The summed E-state index contributed by atoms with van der Waals surface area (Å²) in [5, 5.41) is 5.29. The van der Waals surface area contributed by atoms with E-state index in [9.17, 15) is 0 Å². The highest BCUT2D eigenvalue weighted by molar-refractivity contribution is 7.11. The second-order valence-corrected chi connectivity index (χ2v) is 7.72. The van der Waals surface area contributed by atoms with Crippen LogP contribution in [0.25, 0.3) is 0 Å². The number of piperidine rings is 1. The maximum Gasteiger partial charge on any atom is 0.114 e. The number of nitrogens with one attached hydrogen (secondary N) is 1. The lowest BCUT2D eigenvalue weighted by atomic mass is 9.79. The van der Waals surface area contributed by atoms with Crippen LogP contribution in [0.15, 0.2) is 0 Å². The fraction of sp³-hybridized carbons (Fsp3) is 0.812. The van der Waals surface area contributed by atoms with E-state index in [2.05, 4.69) is 17.1 Å². The largest absolute Gasteiger partial charge is 0.305 e. The van der Waals surface area contributed by atoms with Crippen LogP contribution in [0.4, 0.5) is 0 Å². The Kier molecular flexibility index (Phi) is 3.36. The summed E-state index contributed by atoms with van der Waals surface area (Å²) in [7, 11) is 0. The van der Waals surface area contributed by atoms with E-state index >= 15 is 0 Å². The van der Waals surface area contributed by atoms with Crippen molar-refractivity contribution in [1.82, 2.24) is 15.2 Å². The van der Waals surface area contributed by atoms with Crippen LogP contribution in [0.3, 0.4) is 0 Å². The van der Waals surface area contributed by atoms with Crippen LogP contribution in [-0.4, -0.2) is 36.1 Å². The first-order valence-electron chi connectivity index (χ1n) is 8.28. The van der Waals surface area contributed by atoms with E-state index in [1.807, 2.05) is 11.3 Å². The van der Waals surface area contributed by atoms with Gasteiger partial charge in [0, 0.05) is 18.0 Å². The van der Waals surface area contributed by atoms with Gasteiger partial charge < -0.3 is 10.2 Å². The molecule has 1 aliphatic carbocycles. The molecule has 3 nitrogen and oxygen atoms in total. The third-order valence-corrected chi connectivity index (χ3v) is 6.85. The fourth-order valence-electron chi connectivity index (χ4n) is 4.42. The molecule has 20 heavy (non-hydrogen) atoms. The van der Waals surface area contributed by atoms with Crippen molar-refractivity contribution in [3.8, 4) is 0 Å². The molecule has 2 saturated heterocycles. The Bertz CT molecular complexity index is 474. The molecule has 2 fully saturated rings. The van der Waals surface area contributed by atoms with Crippen LogP contribution >= 0.6 is 11.3 Å². The average Bonchev–Trinajstić information content (AvgIpc) is 3.08. The highest BCUT2D eigenvalue weighted by Gasteiger charge is 2.48. The van der Waals surface area contributed by atoms with Gasteiger partial charge in [-0.3, -0.25) is 0 Å². The molecule has 1 aromatic heterocycles. The molecule has 1 aromatic rings. The first kappa shape index (κ1) is 13.2. The second kappa shape index (κ2) is 5.08. The third-order valence-electron chi connectivity index (χ3n) is 5.51. The van der Waals surface area contributed by atoms with Gasteiger partial charge in [-0.1, -0.05) is 6.92 Å². The lowest BCUT2D eigenvalue weighted by molar-refractivity contribution is 0.131. The van der Waals surface area contributed by atoms with Crippen LogP contribution < -0.4 is 5.32 Å². The van der Waals surface area contributed by atoms with Crippen molar-refractivity contribution in [2.45, 2.75) is 51.0 Å². The zero-order valence-corrected chi connectivity index (χ0v) is 13.3. The number of hydrogen-bond donors (Lipinski definition) is 1. The van der Waals surface area contributed by atoms with Gasteiger partial charge in [-0.05, 0) is 57.5 Å².